The predicted molar refractivity (Wildman–Crippen MR) is 87.2 cm³/mol. The zero-order chi connectivity index (χ0) is 15.4. The Balaban J connectivity index is 1.71. The van der Waals surface area contributed by atoms with E-state index in [0.29, 0.717) is 5.92 Å². The first-order chi connectivity index (χ1) is 10.8. The third-order valence-corrected chi connectivity index (χ3v) is 4.31. The van der Waals surface area contributed by atoms with E-state index < -0.39 is 0 Å². The maximum Gasteiger partial charge on any atom is 0.160 e. The number of fused-ring (bicyclic) bond motifs is 1. The van der Waals surface area contributed by atoms with Gasteiger partial charge in [0.25, 0.3) is 0 Å². The molecule has 2 aromatic carbocycles. The highest BCUT2D eigenvalue weighted by atomic mass is 16.5. The molecule has 0 amide bonds. The number of benzene rings is 2. The first-order valence-electron chi connectivity index (χ1n) is 7.74. The molecular weight excluding hydrogens is 276 g/mol. The Labute approximate surface area is 131 Å². The van der Waals surface area contributed by atoms with E-state index in [1.165, 1.54) is 11.1 Å². The third kappa shape index (κ3) is 3.03. The van der Waals surface area contributed by atoms with Crippen molar-refractivity contribution >= 4 is 0 Å². The van der Waals surface area contributed by atoms with Gasteiger partial charge in [-0.25, -0.2) is 0 Å². The molecule has 0 radical (unpaired) electrons. The fourth-order valence-corrected chi connectivity index (χ4v) is 3.09. The Morgan fingerprint density at radius 2 is 1.86 bits per heavy atom. The van der Waals surface area contributed by atoms with Crippen LogP contribution in [-0.2, 0) is 6.42 Å². The molecule has 3 nitrogen and oxygen atoms in total. The highest BCUT2D eigenvalue weighted by molar-refractivity contribution is 5.43. The van der Waals surface area contributed by atoms with Gasteiger partial charge in [-0.3, -0.25) is 0 Å². The summed E-state index contributed by atoms with van der Waals surface area (Å²) < 4.78 is 16.4. The molecule has 3 heteroatoms. The molecule has 3 rings (SSSR count). The van der Waals surface area contributed by atoms with E-state index in [1.54, 1.807) is 14.2 Å². The van der Waals surface area contributed by atoms with Crippen molar-refractivity contribution in [1.29, 1.82) is 0 Å². The van der Waals surface area contributed by atoms with Crippen molar-refractivity contribution in [3.05, 3.63) is 53.6 Å². The van der Waals surface area contributed by atoms with Crippen LogP contribution in [0.3, 0.4) is 0 Å². The van der Waals surface area contributed by atoms with Gasteiger partial charge in [0.2, 0.25) is 0 Å². The van der Waals surface area contributed by atoms with Gasteiger partial charge in [-0.1, -0.05) is 24.3 Å². The number of hydrogen-bond donors (Lipinski definition) is 0. The molecule has 1 atom stereocenters. The Bertz CT molecular complexity index is 636. The van der Waals surface area contributed by atoms with Gasteiger partial charge in [0.05, 0.1) is 20.8 Å². The van der Waals surface area contributed by atoms with E-state index in [4.69, 9.17) is 14.2 Å². The fraction of sp³-hybridized carbons (Fsp3) is 0.368. The number of methoxy groups -OCH3 is 2. The lowest BCUT2D eigenvalue weighted by Crippen LogP contribution is -2.14. The molecule has 0 aliphatic carbocycles. The lowest BCUT2D eigenvalue weighted by Gasteiger charge is -2.25. The Hall–Kier alpha value is -2.16. The summed E-state index contributed by atoms with van der Waals surface area (Å²) in [6, 6.07) is 14.6. The standard InChI is InChI=1S/C19H22O3/c1-20-18-10-8-14(13-19(18)21-2)7-9-15-11-12-22-17-6-4-3-5-16(15)17/h3-6,8,10,13,15H,7,9,11-12H2,1-2H3. The molecule has 0 fully saturated rings. The summed E-state index contributed by atoms with van der Waals surface area (Å²) in [4.78, 5) is 0. The molecule has 1 aliphatic heterocycles. The van der Waals surface area contributed by atoms with Gasteiger partial charge in [-0.2, -0.15) is 0 Å². The van der Waals surface area contributed by atoms with Crippen molar-refractivity contribution in [3.8, 4) is 17.2 Å². The van der Waals surface area contributed by atoms with Gasteiger partial charge in [-0.15, -0.1) is 0 Å². The van der Waals surface area contributed by atoms with Crippen molar-refractivity contribution in [2.45, 2.75) is 25.2 Å². The number of rotatable bonds is 5. The van der Waals surface area contributed by atoms with E-state index in [9.17, 15) is 0 Å². The smallest absolute Gasteiger partial charge is 0.160 e. The minimum absolute atomic E-state index is 0.568. The molecule has 1 heterocycles. The van der Waals surface area contributed by atoms with Crippen LogP contribution in [0.15, 0.2) is 42.5 Å². The first-order valence-corrected chi connectivity index (χ1v) is 7.74. The summed E-state index contributed by atoms with van der Waals surface area (Å²) in [5, 5.41) is 0. The van der Waals surface area contributed by atoms with E-state index in [2.05, 4.69) is 30.3 Å². The number of para-hydroxylation sites is 1. The molecule has 0 spiro atoms. The van der Waals surface area contributed by atoms with Crippen LogP contribution in [-0.4, -0.2) is 20.8 Å². The van der Waals surface area contributed by atoms with Gasteiger partial charge < -0.3 is 14.2 Å². The van der Waals surface area contributed by atoms with Crippen LogP contribution in [0.4, 0.5) is 0 Å². The van der Waals surface area contributed by atoms with Crippen molar-refractivity contribution in [1.82, 2.24) is 0 Å². The van der Waals surface area contributed by atoms with Gasteiger partial charge in [0.1, 0.15) is 5.75 Å². The average molecular weight is 298 g/mol. The summed E-state index contributed by atoms with van der Waals surface area (Å²) in [5.41, 5.74) is 2.62. The zero-order valence-electron chi connectivity index (χ0n) is 13.2. The second kappa shape index (κ2) is 6.73. The molecule has 0 bridgehead atoms. The fourth-order valence-electron chi connectivity index (χ4n) is 3.09. The quantitative estimate of drug-likeness (QED) is 0.828. The van der Waals surface area contributed by atoms with Crippen LogP contribution in [0.5, 0.6) is 17.2 Å². The summed E-state index contributed by atoms with van der Waals surface area (Å²) in [6.07, 6.45) is 3.24. The van der Waals surface area contributed by atoms with Crippen molar-refractivity contribution in [2.24, 2.45) is 0 Å². The Kier molecular flexibility index (Phi) is 4.52. The summed E-state index contributed by atoms with van der Waals surface area (Å²) in [5.74, 6) is 3.19. The van der Waals surface area contributed by atoms with Crippen LogP contribution in [0.25, 0.3) is 0 Å². The van der Waals surface area contributed by atoms with Crippen molar-refractivity contribution in [2.75, 3.05) is 20.8 Å². The molecule has 22 heavy (non-hydrogen) atoms. The topological polar surface area (TPSA) is 27.7 Å². The molecule has 116 valence electrons. The second-order valence-electron chi connectivity index (χ2n) is 5.60. The van der Waals surface area contributed by atoms with Crippen LogP contribution in [0.2, 0.25) is 0 Å². The van der Waals surface area contributed by atoms with Crippen LogP contribution in [0, 0.1) is 0 Å². The Morgan fingerprint density at radius 1 is 1.05 bits per heavy atom. The molecule has 0 aromatic heterocycles. The second-order valence-corrected chi connectivity index (χ2v) is 5.60. The molecule has 1 unspecified atom stereocenters. The van der Waals surface area contributed by atoms with Crippen molar-refractivity contribution in [3.63, 3.8) is 0 Å². The summed E-state index contributed by atoms with van der Waals surface area (Å²) in [7, 11) is 3.34. The van der Waals surface area contributed by atoms with Gasteiger partial charge in [-0.05, 0) is 54.5 Å². The summed E-state index contributed by atoms with van der Waals surface area (Å²) >= 11 is 0. The maximum absolute atomic E-state index is 5.74. The van der Waals surface area contributed by atoms with Crippen LogP contribution < -0.4 is 14.2 Å². The Morgan fingerprint density at radius 3 is 2.68 bits per heavy atom. The monoisotopic (exact) mass is 298 g/mol. The lowest BCUT2D eigenvalue weighted by atomic mass is 9.88. The average Bonchev–Trinajstić information content (AvgIpc) is 2.59. The number of aryl methyl sites for hydroxylation is 1. The van der Waals surface area contributed by atoms with Gasteiger partial charge in [0.15, 0.2) is 11.5 Å². The molecule has 2 aromatic rings. The van der Waals surface area contributed by atoms with Crippen molar-refractivity contribution < 1.29 is 14.2 Å². The number of hydrogen-bond acceptors (Lipinski definition) is 3. The first kappa shape index (κ1) is 14.8. The molecule has 0 N–H and O–H groups in total. The van der Waals surface area contributed by atoms with E-state index >= 15 is 0 Å². The zero-order valence-corrected chi connectivity index (χ0v) is 13.2. The third-order valence-electron chi connectivity index (χ3n) is 4.31. The highest BCUT2D eigenvalue weighted by Gasteiger charge is 2.20. The molecule has 0 saturated heterocycles. The lowest BCUT2D eigenvalue weighted by molar-refractivity contribution is 0.263. The molecule has 0 saturated carbocycles. The largest absolute Gasteiger partial charge is 0.493 e. The minimum atomic E-state index is 0.568. The highest BCUT2D eigenvalue weighted by Crippen LogP contribution is 2.36. The van der Waals surface area contributed by atoms with Gasteiger partial charge >= 0.3 is 0 Å². The SMILES string of the molecule is COc1ccc(CCC2CCOc3ccccc32)cc1OC. The van der Waals surface area contributed by atoms with E-state index in [0.717, 1.165) is 43.1 Å². The predicted octanol–water partition coefficient (Wildman–Crippen LogP) is 4.20. The van der Waals surface area contributed by atoms with Crippen LogP contribution in [0.1, 0.15) is 29.9 Å². The minimum Gasteiger partial charge on any atom is -0.493 e. The molecular formula is C19H22O3. The van der Waals surface area contributed by atoms with E-state index in [1.807, 2.05) is 12.1 Å². The van der Waals surface area contributed by atoms with Gasteiger partial charge in [0, 0.05) is 0 Å². The molecule has 1 aliphatic rings. The van der Waals surface area contributed by atoms with E-state index in [-0.39, 0.29) is 0 Å². The maximum atomic E-state index is 5.74. The number of ether oxygens (including phenoxy) is 3. The normalized spacial score (nSPS) is 16.5. The van der Waals surface area contributed by atoms with Crippen LogP contribution >= 0.6 is 0 Å². The summed E-state index contributed by atoms with van der Waals surface area (Å²) in [6.45, 7) is 0.813.